The molecule has 0 radical (unpaired) electrons. The molecule has 1 aliphatic carbocycles. The van der Waals surface area contributed by atoms with Crippen LogP contribution in [0.25, 0.3) is 0 Å². The zero-order chi connectivity index (χ0) is 11.4. The summed E-state index contributed by atoms with van der Waals surface area (Å²) < 4.78 is 0. The van der Waals surface area contributed by atoms with Gasteiger partial charge in [0.05, 0.1) is 5.69 Å². The Morgan fingerprint density at radius 3 is 2.69 bits per heavy atom. The van der Waals surface area contributed by atoms with E-state index in [1.807, 2.05) is 18.3 Å². The first-order valence-electron chi connectivity index (χ1n) is 6.11. The Hall–Kier alpha value is -0.930. The van der Waals surface area contributed by atoms with Gasteiger partial charge in [0, 0.05) is 24.8 Å². The monoisotopic (exact) mass is 219 g/mol. The number of nitrogens with two attached hydrogens (primary N) is 1. The first-order chi connectivity index (χ1) is 7.75. The van der Waals surface area contributed by atoms with Crippen LogP contribution in [0, 0.1) is 0 Å². The molecule has 16 heavy (non-hydrogen) atoms. The number of hydrogen-bond donors (Lipinski definition) is 1. The van der Waals surface area contributed by atoms with Crippen molar-refractivity contribution in [2.45, 2.75) is 44.3 Å². The standard InChI is InChI=1S/C13H21N3/c1-16(10-12-4-2-3-9-15-12)13-7-5-11(14)6-8-13/h2-4,9,11,13H,5-8,10,14H2,1H3. The topological polar surface area (TPSA) is 42.2 Å². The van der Waals surface area contributed by atoms with Gasteiger partial charge in [-0.25, -0.2) is 0 Å². The third-order valence-corrected chi connectivity index (χ3v) is 3.50. The van der Waals surface area contributed by atoms with Gasteiger partial charge in [0.1, 0.15) is 0 Å². The molecule has 3 heteroatoms. The number of hydrogen-bond acceptors (Lipinski definition) is 3. The first kappa shape index (κ1) is 11.6. The predicted molar refractivity (Wildman–Crippen MR) is 65.9 cm³/mol. The van der Waals surface area contributed by atoms with E-state index >= 15 is 0 Å². The fourth-order valence-corrected chi connectivity index (χ4v) is 2.42. The van der Waals surface area contributed by atoms with Crippen molar-refractivity contribution >= 4 is 0 Å². The van der Waals surface area contributed by atoms with Gasteiger partial charge in [0.15, 0.2) is 0 Å². The van der Waals surface area contributed by atoms with Crippen LogP contribution in [0.4, 0.5) is 0 Å². The van der Waals surface area contributed by atoms with Crippen molar-refractivity contribution in [3.05, 3.63) is 30.1 Å². The molecular formula is C13H21N3. The lowest BCUT2D eigenvalue weighted by Gasteiger charge is -2.33. The van der Waals surface area contributed by atoms with E-state index in [1.54, 1.807) is 0 Å². The summed E-state index contributed by atoms with van der Waals surface area (Å²) >= 11 is 0. The van der Waals surface area contributed by atoms with Gasteiger partial charge in [0.25, 0.3) is 0 Å². The van der Waals surface area contributed by atoms with Crippen LogP contribution in [0.1, 0.15) is 31.4 Å². The quantitative estimate of drug-likeness (QED) is 0.842. The van der Waals surface area contributed by atoms with Crippen molar-refractivity contribution in [1.29, 1.82) is 0 Å². The second-order valence-electron chi connectivity index (χ2n) is 4.80. The minimum absolute atomic E-state index is 0.430. The number of nitrogens with zero attached hydrogens (tertiary/aromatic N) is 2. The van der Waals surface area contributed by atoms with Gasteiger partial charge in [-0.3, -0.25) is 9.88 Å². The summed E-state index contributed by atoms with van der Waals surface area (Å²) in [7, 11) is 2.19. The van der Waals surface area contributed by atoms with Crippen LogP contribution in [-0.4, -0.2) is 29.0 Å². The Kier molecular flexibility index (Phi) is 3.91. The van der Waals surface area contributed by atoms with Crippen LogP contribution in [0.2, 0.25) is 0 Å². The van der Waals surface area contributed by atoms with Gasteiger partial charge in [-0.15, -0.1) is 0 Å². The molecule has 1 saturated carbocycles. The lowest BCUT2D eigenvalue weighted by molar-refractivity contribution is 0.174. The minimum Gasteiger partial charge on any atom is -0.328 e. The summed E-state index contributed by atoms with van der Waals surface area (Å²) in [6.07, 6.45) is 6.64. The summed E-state index contributed by atoms with van der Waals surface area (Å²) in [5.41, 5.74) is 7.07. The molecule has 0 aromatic carbocycles. The van der Waals surface area contributed by atoms with Gasteiger partial charge >= 0.3 is 0 Å². The average molecular weight is 219 g/mol. The number of pyridine rings is 1. The van der Waals surface area contributed by atoms with Gasteiger partial charge in [-0.1, -0.05) is 6.07 Å². The van der Waals surface area contributed by atoms with E-state index in [0.29, 0.717) is 12.1 Å². The second-order valence-corrected chi connectivity index (χ2v) is 4.80. The molecule has 0 aliphatic heterocycles. The summed E-state index contributed by atoms with van der Waals surface area (Å²) in [6, 6.07) is 7.21. The van der Waals surface area contributed by atoms with Crippen molar-refractivity contribution in [1.82, 2.24) is 9.88 Å². The highest BCUT2D eigenvalue weighted by Crippen LogP contribution is 2.21. The normalized spacial score (nSPS) is 25.9. The molecule has 0 unspecified atom stereocenters. The van der Waals surface area contributed by atoms with Gasteiger partial charge in [0.2, 0.25) is 0 Å². The fraction of sp³-hybridized carbons (Fsp3) is 0.615. The third-order valence-electron chi connectivity index (χ3n) is 3.50. The summed E-state index contributed by atoms with van der Waals surface area (Å²) in [5, 5.41) is 0. The molecular weight excluding hydrogens is 198 g/mol. The average Bonchev–Trinajstić information content (AvgIpc) is 2.31. The molecule has 1 aliphatic rings. The van der Waals surface area contributed by atoms with Crippen LogP contribution in [0.15, 0.2) is 24.4 Å². The molecule has 0 amide bonds. The smallest absolute Gasteiger partial charge is 0.0543 e. The SMILES string of the molecule is CN(Cc1ccccn1)C1CCC(N)CC1. The van der Waals surface area contributed by atoms with Gasteiger partial charge < -0.3 is 5.73 Å². The molecule has 2 rings (SSSR count). The van der Waals surface area contributed by atoms with E-state index in [9.17, 15) is 0 Å². The van der Waals surface area contributed by atoms with E-state index in [4.69, 9.17) is 5.73 Å². The Morgan fingerprint density at radius 2 is 2.06 bits per heavy atom. The summed E-state index contributed by atoms with van der Waals surface area (Å²) in [6.45, 7) is 0.945. The fourth-order valence-electron chi connectivity index (χ4n) is 2.42. The minimum atomic E-state index is 0.430. The Labute approximate surface area is 97.7 Å². The first-order valence-corrected chi connectivity index (χ1v) is 6.11. The van der Waals surface area contributed by atoms with E-state index in [-0.39, 0.29) is 0 Å². The molecule has 88 valence electrons. The molecule has 1 heterocycles. The highest BCUT2D eigenvalue weighted by Gasteiger charge is 2.21. The van der Waals surface area contributed by atoms with E-state index in [1.165, 1.54) is 12.8 Å². The van der Waals surface area contributed by atoms with E-state index in [0.717, 1.165) is 25.1 Å². The maximum Gasteiger partial charge on any atom is 0.0543 e. The van der Waals surface area contributed by atoms with Crippen molar-refractivity contribution < 1.29 is 0 Å². The van der Waals surface area contributed by atoms with Crippen LogP contribution < -0.4 is 5.73 Å². The molecule has 1 aromatic rings. The highest BCUT2D eigenvalue weighted by atomic mass is 15.1. The Bertz CT molecular complexity index is 304. The van der Waals surface area contributed by atoms with Crippen molar-refractivity contribution in [3.8, 4) is 0 Å². The maximum absolute atomic E-state index is 5.92. The third kappa shape index (κ3) is 3.03. The Morgan fingerprint density at radius 1 is 1.31 bits per heavy atom. The second kappa shape index (κ2) is 5.41. The number of rotatable bonds is 3. The zero-order valence-corrected chi connectivity index (χ0v) is 9.97. The van der Waals surface area contributed by atoms with Crippen LogP contribution in [-0.2, 0) is 6.54 Å². The van der Waals surface area contributed by atoms with Gasteiger partial charge in [-0.05, 0) is 44.9 Å². The molecule has 3 nitrogen and oxygen atoms in total. The lowest BCUT2D eigenvalue weighted by atomic mass is 9.91. The molecule has 0 spiro atoms. The molecule has 1 fully saturated rings. The zero-order valence-electron chi connectivity index (χ0n) is 9.97. The van der Waals surface area contributed by atoms with Crippen molar-refractivity contribution in [2.24, 2.45) is 5.73 Å². The highest BCUT2D eigenvalue weighted by molar-refractivity contribution is 5.03. The van der Waals surface area contributed by atoms with Crippen molar-refractivity contribution in [3.63, 3.8) is 0 Å². The molecule has 0 bridgehead atoms. The molecule has 0 saturated heterocycles. The number of aromatic nitrogens is 1. The molecule has 2 N–H and O–H groups in total. The van der Waals surface area contributed by atoms with Crippen LogP contribution >= 0.6 is 0 Å². The largest absolute Gasteiger partial charge is 0.328 e. The van der Waals surface area contributed by atoms with Crippen LogP contribution in [0.5, 0.6) is 0 Å². The van der Waals surface area contributed by atoms with E-state index < -0.39 is 0 Å². The lowest BCUT2D eigenvalue weighted by Crippen LogP contribution is -2.38. The van der Waals surface area contributed by atoms with Crippen LogP contribution in [0.3, 0.4) is 0 Å². The maximum atomic E-state index is 5.92. The molecule has 0 atom stereocenters. The van der Waals surface area contributed by atoms with Gasteiger partial charge in [-0.2, -0.15) is 0 Å². The van der Waals surface area contributed by atoms with Crippen molar-refractivity contribution in [2.75, 3.05) is 7.05 Å². The summed E-state index contributed by atoms with van der Waals surface area (Å²) in [5.74, 6) is 0. The Balaban J connectivity index is 1.86. The van der Waals surface area contributed by atoms with E-state index in [2.05, 4.69) is 23.0 Å². The molecule has 1 aromatic heterocycles. The summed E-state index contributed by atoms with van der Waals surface area (Å²) in [4.78, 5) is 6.77. The predicted octanol–water partition coefficient (Wildman–Crippen LogP) is 1.78.